The van der Waals surface area contributed by atoms with Gasteiger partial charge in [-0.2, -0.15) is 4.98 Å². The van der Waals surface area contributed by atoms with E-state index in [0.717, 1.165) is 29.4 Å². The number of amides is 1. The lowest BCUT2D eigenvalue weighted by Gasteiger charge is -2.34. The summed E-state index contributed by atoms with van der Waals surface area (Å²) in [5.41, 5.74) is 2.33. The van der Waals surface area contributed by atoms with Gasteiger partial charge in [-0.25, -0.2) is 4.79 Å². The van der Waals surface area contributed by atoms with Gasteiger partial charge < -0.3 is 14.4 Å². The summed E-state index contributed by atoms with van der Waals surface area (Å²) in [5.74, 6) is 0. The second-order valence-electron chi connectivity index (χ2n) is 8.87. The molecule has 2 heterocycles. The molecule has 3 aromatic rings. The SMILES string of the molecule is CC(C)(C)OC(=O)N1CCC[C@@H](Oc2nc3ccccc3n2Cc2ccccc2Cl)C1. The van der Waals surface area contributed by atoms with E-state index in [2.05, 4.69) is 0 Å². The highest BCUT2D eigenvalue weighted by atomic mass is 35.5. The number of carbonyl (C=O) groups is 1. The van der Waals surface area contributed by atoms with Crippen molar-refractivity contribution in [1.82, 2.24) is 14.5 Å². The highest BCUT2D eigenvalue weighted by molar-refractivity contribution is 6.31. The smallest absolute Gasteiger partial charge is 0.410 e. The third-order valence-corrected chi connectivity index (χ3v) is 5.58. The summed E-state index contributed by atoms with van der Waals surface area (Å²) in [6.07, 6.45) is 1.26. The van der Waals surface area contributed by atoms with E-state index < -0.39 is 5.60 Å². The monoisotopic (exact) mass is 441 g/mol. The number of aromatic nitrogens is 2. The zero-order chi connectivity index (χ0) is 22.0. The van der Waals surface area contributed by atoms with Gasteiger partial charge in [-0.3, -0.25) is 4.57 Å². The van der Waals surface area contributed by atoms with Crippen molar-refractivity contribution in [3.8, 4) is 6.01 Å². The predicted molar refractivity (Wildman–Crippen MR) is 122 cm³/mol. The molecule has 0 N–H and O–H groups in total. The van der Waals surface area contributed by atoms with E-state index in [-0.39, 0.29) is 12.2 Å². The maximum atomic E-state index is 12.5. The van der Waals surface area contributed by atoms with Crippen LogP contribution in [0, 0.1) is 0 Å². The van der Waals surface area contributed by atoms with Gasteiger partial charge in [0.15, 0.2) is 0 Å². The van der Waals surface area contributed by atoms with Gasteiger partial charge in [-0.15, -0.1) is 0 Å². The van der Waals surface area contributed by atoms with Gasteiger partial charge in [0.25, 0.3) is 6.01 Å². The van der Waals surface area contributed by atoms with Crippen LogP contribution >= 0.6 is 11.6 Å². The number of para-hydroxylation sites is 2. The van der Waals surface area contributed by atoms with E-state index in [1.54, 1.807) is 4.90 Å². The van der Waals surface area contributed by atoms with Crippen molar-refractivity contribution in [3.63, 3.8) is 0 Å². The lowest BCUT2D eigenvalue weighted by Crippen LogP contribution is -2.46. The molecule has 7 heteroatoms. The van der Waals surface area contributed by atoms with Crippen LogP contribution < -0.4 is 4.74 Å². The van der Waals surface area contributed by atoms with Gasteiger partial charge in [0.1, 0.15) is 11.7 Å². The van der Waals surface area contributed by atoms with Crippen LogP contribution in [-0.4, -0.2) is 45.3 Å². The number of piperidine rings is 1. The number of hydrogen-bond donors (Lipinski definition) is 0. The van der Waals surface area contributed by atoms with Crippen molar-refractivity contribution in [3.05, 3.63) is 59.1 Å². The van der Waals surface area contributed by atoms with E-state index in [9.17, 15) is 4.79 Å². The highest BCUT2D eigenvalue weighted by Crippen LogP contribution is 2.27. The summed E-state index contributed by atoms with van der Waals surface area (Å²) >= 11 is 6.41. The molecule has 2 aromatic carbocycles. The fraction of sp³-hybridized carbons (Fsp3) is 0.417. The summed E-state index contributed by atoms with van der Waals surface area (Å²) < 4.78 is 13.9. The standard InChI is InChI=1S/C24H28ClN3O3/c1-24(2,3)31-23(29)27-14-8-10-18(16-27)30-22-26-20-12-6-7-13-21(20)28(22)15-17-9-4-5-11-19(17)25/h4-7,9,11-13,18H,8,10,14-16H2,1-3H3/t18-/m1/s1. The topological polar surface area (TPSA) is 56.6 Å². The van der Waals surface area contributed by atoms with Crippen LogP contribution in [0.25, 0.3) is 11.0 Å². The molecule has 0 unspecified atom stereocenters. The average Bonchev–Trinajstić information content (AvgIpc) is 3.06. The van der Waals surface area contributed by atoms with Crippen LogP contribution in [0.15, 0.2) is 48.5 Å². The predicted octanol–water partition coefficient (Wildman–Crippen LogP) is 5.52. The van der Waals surface area contributed by atoms with E-state index in [1.165, 1.54) is 0 Å². The summed E-state index contributed by atoms with van der Waals surface area (Å²) in [6.45, 7) is 7.33. The lowest BCUT2D eigenvalue weighted by atomic mass is 10.1. The van der Waals surface area contributed by atoms with Gasteiger partial charge >= 0.3 is 6.09 Å². The van der Waals surface area contributed by atoms with Crippen molar-refractivity contribution in [2.75, 3.05) is 13.1 Å². The molecule has 1 aliphatic heterocycles. The molecule has 0 saturated carbocycles. The average molecular weight is 442 g/mol. The van der Waals surface area contributed by atoms with Crippen molar-refractivity contribution in [2.24, 2.45) is 0 Å². The Hall–Kier alpha value is -2.73. The molecular weight excluding hydrogens is 414 g/mol. The van der Waals surface area contributed by atoms with Crippen LogP contribution in [0.1, 0.15) is 39.2 Å². The Morgan fingerprint density at radius 1 is 1.16 bits per heavy atom. The molecule has 0 bridgehead atoms. The molecule has 164 valence electrons. The minimum Gasteiger partial charge on any atom is -0.459 e. The number of carbonyl (C=O) groups excluding carboxylic acids is 1. The first kappa shape index (κ1) is 21.5. The second kappa shape index (κ2) is 8.79. The van der Waals surface area contributed by atoms with Crippen LogP contribution in [0.3, 0.4) is 0 Å². The van der Waals surface area contributed by atoms with Gasteiger partial charge in [-0.05, 0) is 57.4 Å². The number of halogens is 1. The summed E-state index contributed by atoms with van der Waals surface area (Å²) in [4.78, 5) is 19.0. The molecule has 0 spiro atoms. The third-order valence-electron chi connectivity index (χ3n) is 5.21. The minimum absolute atomic E-state index is 0.150. The van der Waals surface area contributed by atoms with E-state index in [0.29, 0.717) is 30.7 Å². The van der Waals surface area contributed by atoms with Crippen LogP contribution in [0.2, 0.25) is 5.02 Å². The zero-order valence-electron chi connectivity index (χ0n) is 18.2. The fourth-order valence-corrected chi connectivity index (χ4v) is 3.96. The first-order valence-electron chi connectivity index (χ1n) is 10.6. The molecule has 1 atom stereocenters. The molecule has 1 aliphatic rings. The number of benzene rings is 2. The summed E-state index contributed by atoms with van der Waals surface area (Å²) in [6, 6.07) is 16.3. The van der Waals surface area contributed by atoms with E-state index in [1.807, 2.05) is 73.9 Å². The Bertz CT molecular complexity index is 1070. The van der Waals surface area contributed by atoms with E-state index in [4.69, 9.17) is 26.1 Å². The van der Waals surface area contributed by atoms with Crippen molar-refractivity contribution >= 4 is 28.7 Å². The van der Waals surface area contributed by atoms with Gasteiger partial charge in [0.05, 0.1) is 24.1 Å². The number of rotatable bonds is 4. The summed E-state index contributed by atoms with van der Waals surface area (Å²) in [7, 11) is 0. The molecule has 4 rings (SSSR count). The normalized spacial score (nSPS) is 17.0. The number of fused-ring (bicyclic) bond motifs is 1. The molecule has 1 saturated heterocycles. The Morgan fingerprint density at radius 2 is 1.90 bits per heavy atom. The molecule has 31 heavy (non-hydrogen) atoms. The Balaban J connectivity index is 1.57. The number of nitrogens with zero attached hydrogens (tertiary/aromatic N) is 3. The van der Waals surface area contributed by atoms with Gasteiger partial charge in [0, 0.05) is 11.6 Å². The molecule has 1 fully saturated rings. The third kappa shape index (κ3) is 5.13. The first-order valence-corrected chi connectivity index (χ1v) is 11.0. The highest BCUT2D eigenvalue weighted by Gasteiger charge is 2.29. The van der Waals surface area contributed by atoms with Gasteiger partial charge in [-0.1, -0.05) is 41.9 Å². The van der Waals surface area contributed by atoms with Crippen LogP contribution in [0.5, 0.6) is 6.01 Å². The lowest BCUT2D eigenvalue weighted by molar-refractivity contribution is 0.00626. The Morgan fingerprint density at radius 3 is 2.68 bits per heavy atom. The number of imidazole rings is 1. The first-order chi connectivity index (χ1) is 14.8. The largest absolute Gasteiger partial charge is 0.459 e. The number of likely N-dealkylation sites (tertiary alicyclic amines) is 1. The molecule has 1 amide bonds. The number of hydrogen-bond acceptors (Lipinski definition) is 4. The quantitative estimate of drug-likeness (QED) is 0.535. The Labute approximate surface area is 187 Å². The second-order valence-corrected chi connectivity index (χ2v) is 9.28. The summed E-state index contributed by atoms with van der Waals surface area (Å²) in [5, 5.41) is 0.708. The maximum Gasteiger partial charge on any atom is 0.410 e. The van der Waals surface area contributed by atoms with E-state index >= 15 is 0 Å². The molecule has 0 aliphatic carbocycles. The number of ether oxygens (including phenoxy) is 2. The van der Waals surface area contributed by atoms with Crippen molar-refractivity contribution < 1.29 is 14.3 Å². The van der Waals surface area contributed by atoms with Crippen LogP contribution in [0.4, 0.5) is 4.79 Å². The fourth-order valence-electron chi connectivity index (χ4n) is 3.77. The van der Waals surface area contributed by atoms with Crippen LogP contribution in [-0.2, 0) is 11.3 Å². The molecule has 1 aromatic heterocycles. The molecular formula is C24H28ClN3O3. The maximum absolute atomic E-state index is 12.5. The minimum atomic E-state index is -0.520. The van der Waals surface area contributed by atoms with Crippen molar-refractivity contribution in [1.29, 1.82) is 0 Å². The van der Waals surface area contributed by atoms with Crippen molar-refractivity contribution in [2.45, 2.75) is 51.9 Å². The molecule has 0 radical (unpaired) electrons. The zero-order valence-corrected chi connectivity index (χ0v) is 18.9. The Kier molecular flexibility index (Phi) is 6.10. The van der Waals surface area contributed by atoms with Gasteiger partial charge in [0.2, 0.25) is 0 Å². The molecule has 6 nitrogen and oxygen atoms in total.